The van der Waals surface area contributed by atoms with Crippen molar-refractivity contribution in [2.24, 2.45) is 0 Å². The standard InChI is InChI=1S/C21H23NO3/c1-3-16(18-11-7-8-15(2)12-18)13-20(23)22-19(14-25-21(22)24)17-9-5-4-6-10-17/h4-12,16,19H,3,13-14H2,1-2H3. The Labute approximate surface area is 148 Å². The lowest BCUT2D eigenvalue weighted by Crippen LogP contribution is -2.35. The van der Waals surface area contributed by atoms with Gasteiger partial charge in [-0.3, -0.25) is 4.79 Å². The molecule has 1 heterocycles. The second-order valence-electron chi connectivity index (χ2n) is 6.49. The fourth-order valence-corrected chi connectivity index (χ4v) is 3.35. The van der Waals surface area contributed by atoms with Gasteiger partial charge in [-0.1, -0.05) is 67.1 Å². The molecule has 1 aliphatic rings. The van der Waals surface area contributed by atoms with E-state index in [1.54, 1.807) is 0 Å². The first-order valence-corrected chi connectivity index (χ1v) is 8.70. The number of benzene rings is 2. The van der Waals surface area contributed by atoms with Crippen molar-refractivity contribution in [2.45, 2.75) is 38.6 Å². The van der Waals surface area contributed by atoms with E-state index in [0.29, 0.717) is 6.42 Å². The molecule has 2 aromatic rings. The molecule has 0 N–H and O–H groups in total. The van der Waals surface area contributed by atoms with E-state index in [2.05, 4.69) is 13.0 Å². The normalized spacial score (nSPS) is 18.1. The lowest BCUT2D eigenvalue weighted by Gasteiger charge is -2.23. The smallest absolute Gasteiger partial charge is 0.417 e. The van der Waals surface area contributed by atoms with E-state index in [1.807, 2.05) is 55.5 Å². The van der Waals surface area contributed by atoms with Crippen LogP contribution in [0.3, 0.4) is 0 Å². The highest BCUT2D eigenvalue weighted by molar-refractivity contribution is 5.94. The fraction of sp³-hybridized carbons (Fsp3) is 0.333. The predicted molar refractivity (Wildman–Crippen MR) is 96.2 cm³/mol. The van der Waals surface area contributed by atoms with Crippen LogP contribution in [0.5, 0.6) is 0 Å². The Hall–Kier alpha value is -2.62. The Morgan fingerprint density at radius 1 is 1.20 bits per heavy atom. The minimum absolute atomic E-state index is 0.0947. The average molecular weight is 337 g/mol. The summed E-state index contributed by atoms with van der Waals surface area (Å²) in [4.78, 5) is 26.3. The van der Waals surface area contributed by atoms with Gasteiger partial charge in [-0.25, -0.2) is 9.69 Å². The van der Waals surface area contributed by atoms with Crippen LogP contribution in [0.1, 0.15) is 48.4 Å². The molecule has 4 heteroatoms. The average Bonchev–Trinajstić information content (AvgIpc) is 3.02. The van der Waals surface area contributed by atoms with Gasteiger partial charge >= 0.3 is 6.09 Å². The van der Waals surface area contributed by atoms with Gasteiger partial charge < -0.3 is 4.74 Å². The summed E-state index contributed by atoms with van der Waals surface area (Å²) in [5, 5.41) is 0. The maximum Gasteiger partial charge on any atom is 0.417 e. The number of carbonyl (C=O) groups excluding carboxylic acids is 2. The summed E-state index contributed by atoms with van der Waals surface area (Å²) in [5.74, 6) is -0.0815. The number of imide groups is 1. The molecule has 130 valence electrons. The number of ether oxygens (including phenoxy) is 1. The molecule has 4 nitrogen and oxygen atoms in total. The maximum atomic E-state index is 12.9. The van der Waals surface area contributed by atoms with Crippen LogP contribution < -0.4 is 0 Å². The van der Waals surface area contributed by atoms with Crippen LogP contribution in [0, 0.1) is 6.92 Å². The van der Waals surface area contributed by atoms with Gasteiger partial charge in [0.1, 0.15) is 12.6 Å². The number of hydrogen-bond donors (Lipinski definition) is 0. The quantitative estimate of drug-likeness (QED) is 0.801. The molecule has 1 aliphatic heterocycles. The minimum Gasteiger partial charge on any atom is -0.446 e. The van der Waals surface area contributed by atoms with Gasteiger partial charge in [-0.15, -0.1) is 0 Å². The summed E-state index contributed by atoms with van der Waals surface area (Å²) in [6.45, 7) is 4.33. The number of carbonyl (C=O) groups is 2. The van der Waals surface area contributed by atoms with E-state index in [4.69, 9.17) is 4.74 Å². The minimum atomic E-state index is -0.544. The Balaban J connectivity index is 1.79. The summed E-state index contributed by atoms with van der Waals surface area (Å²) >= 11 is 0. The zero-order chi connectivity index (χ0) is 17.8. The van der Waals surface area contributed by atoms with Crippen molar-refractivity contribution >= 4 is 12.0 Å². The highest BCUT2D eigenvalue weighted by atomic mass is 16.6. The summed E-state index contributed by atoms with van der Waals surface area (Å²) in [5.41, 5.74) is 3.23. The molecule has 0 saturated carbocycles. The number of cyclic esters (lactones) is 1. The second-order valence-corrected chi connectivity index (χ2v) is 6.49. The van der Waals surface area contributed by atoms with Crippen LogP contribution >= 0.6 is 0 Å². The highest BCUT2D eigenvalue weighted by Gasteiger charge is 2.39. The first kappa shape index (κ1) is 17.2. The second kappa shape index (κ2) is 7.51. The molecule has 0 aromatic heterocycles. The van der Waals surface area contributed by atoms with Crippen molar-refractivity contribution in [3.8, 4) is 0 Å². The van der Waals surface area contributed by atoms with E-state index < -0.39 is 6.09 Å². The zero-order valence-electron chi connectivity index (χ0n) is 14.6. The van der Waals surface area contributed by atoms with Crippen molar-refractivity contribution in [3.05, 3.63) is 71.3 Å². The Bertz CT molecular complexity index is 757. The van der Waals surface area contributed by atoms with Crippen LogP contribution in [0.4, 0.5) is 4.79 Å². The Kier molecular flexibility index (Phi) is 5.17. The molecular weight excluding hydrogens is 314 g/mol. The molecule has 2 unspecified atom stereocenters. The highest BCUT2D eigenvalue weighted by Crippen LogP contribution is 2.31. The van der Waals surface area contributed by atoms with Crippen LogP contribution in [0.2, 0.25) is 0 Å². The van der Waals surface area contributed by atoms with Crippen LogP contribution in [-0.4, -0.2) is 23.5 Å². The molecule has 0 aliphatic carbocycles. The van der Waals surface area contributed by atoms with Gasteiger partial charge in [-0.05, 0) is 30.4 Å². The number of rotatable bonds is 5. The predicted octanol–water partition coefficient (Wildman–Crippen LogP) is 4.60. The van der Waals surface area contributed by atoms with E-state index >= 15 is 0 Å². The number of amides is 2. The van der Waals surface area contributed by atoms with E-state index in [0.717, 1.165) is 17.5 Å². The molecule has 0 bridgehead atoms. The van der Waals surface area contributed by atoms with Crippen molar-refractivity contribution in [1.82, 2.24) is 4.90 Å². The molecule has 1 saturated heterocycles. The van der Waals surface area contributed by atoms with E-state index in [9.17, 15) is 9.59 Å². The third-order valence-corrected chi connectivity index (χ3v) is 4.75. The zero-order valence-corrected chi connectivity index (χ0v) is 14.6. The molecule has 2 atom stereocenters. The third kappa shape index (κ3) is 3.73. The summed E-state index contributed by atoms with van der Waals surface area (Å²) in [7, 11) is 0. The molecular formula is C21H23NO3. The molecule has 25 heavy (non-hydrogen) atoms. The number of hydrogen-bond acceptors (Lipinski definition) is 3. The van der Waals surface area contributed by atoms with Gasteiger partial charge in [0.15, 0.2) is 0 Å². The van der Waals surface area contributed by atoms with Crippen molar-refractivity contribution in [1.29, 1.82) is 0 Å². The third-order valence-electron chi connectivity index (χ3n) is 4.75. The maximum absolute atomic E-state index is 12.9. The SMILES string of the molecule is CCC(CC(=O)N1C(=O)OCC1c1ccccc1)c1cccc(C)c1. The van der Waals surface area contributed by atoms with Crippen LogP contribution in [0.15, 0.2) is 54.6 Å². The number of nitrogens with zero attached hydrogens (tertiary/aromatic N) is 1. The molecule has 0 radical (unpaired) electrons. The van der Waals surface area contributed by atoms with Gasteiger partial charge in [-0.2, -0.15) is 0 Å². The lowest BCUT2D eigenvalue weighted by atomic mass is 9.91. The van der Waals surface area contributed by atoms with Crippen molar-refractivity contribution < 1.29 is 14.3 Å². The Morgan fingerprint density at radius 3 is 2.64 bits per heavy atom. The van der Waals surface area contributed by atoms with Crippen LogP contribution in [0.25, 0.3) is 0 Å². The molecule has 1 fully saturated rings. The van der Waals surface area contributed by atoms with Crippen LogP contribution in [-0.2, 0) is 9.53 Å². The first-order valence-electron chi connectivity index (χ1n) is 8.70. The largest absolute Gasteiger partial charge is 0.446 e. The van der Waals surface area contributed by atoms with Gasteiger partial charge in [0, 0.05) is 6.42 Å². The molecule has 2 aromatic carbocycles. The molecule has 0 spiro atoms. The van der Waals surface area contributed by atoms with Crippen molar-refractivity contribution in [3.63, 3.8) is 0 Å². The number of aryl methyl sites for hydroxylation is 1. The van der Waals surface area contributed by atoms with Gasteiger partial charge in [0.25, 0.3) is 0 Å². The topological polar surface area (TPSA) is 46.6 Å². The molecule has 2 amide bonds. The summed E-state index contributed by atoms with van der Waals surface area (Å²) < 4.78 is 5.16. The first-order chi connectivity index (χ1) is 12.1. The Morgan fingerprint density at radius 2 is 1.96 bits per heavy atom. The lowest BCUT2D eigenvalue weighted by molar-refractivity contribution is -0.129. The fourth-order valence-electron chi connectivity index (χ4n) is 3.35. The van der Waals surface area contributed by atoms with E-state index in [1.165, 1.54) is 10.5 Å². The summed E-state index contributed by atoms with van der Waals surface area (Å²) in [6.07, 6.45) is 0.602. The molecule has 3 rings (SSSR count). The van der Waals surface area contributed by atoms with Gasteiger partial charge in [0.05, 0.1) is 0 Å². The monoisotopic (exact) mass is 337 g/mol. The van der Waals surface area contributed by atoms with Gasteiger partial charge in [0.2, 0.25) is 5.91 Å². The van der Waals surface area contributed by atoms with E-state index in [-0.39, 0.29) is 24.5 Å². The van der Waals surface area contributed by atoms with Crippen molar-refractivity contribution in [2.75, 3.05) is 6.61 Å². The summed E-state index contributed by atoms with van der Waals surface area (Å²) in [6, 6.07) is 17.4.